The Kier molecular flexibility index (Phi) is 7.89. The summed E-state index contributed by atoms with van der Waals surface area (Å²) in [5.74, 6) is 0.708. The van der Waals surface area contributed by atoms with Gasteiger partial charge in [0.15, 0.2) is 11.5 Å². The van der Waals surface area contributed by atoms with E-state index in [0.717, 1.165) is 50.3 Å². The van der Waals surface area contributed by atoms with Gasteiger partial charge >= 0.3 is 0 Å². The molecule has 8 aromatic carbocycles. The fourth-order valence-corrected chi connectivity index (χ4v) is 7.11. The molecule has 0 aliphatic carbocycles. The molecule has 3 heteroatoms. The van der Waals surface area contributed by atoms with Crippen LogP contribution in [0.3, 0.4) is 0 Å². The lowest BCUT2D eigenvalue weighted by molar-refractivity contribution is 1.18. The van der Waals surface area contributed by atoms with Crippen LogP contribution in [0.5, 0.6) is 0 Å². The van der Waals surface area contributed by atoms with Gasteiger partial charge in [-0.1, -0.05) is 170 Å². The second kappa shape index (κ2) is 13.3. The van der Waals surface area contributed by atoms with Crippen molar-refractivity contribution in [2.24, 2.45) is 0 Å². The zero-order valence-corrected chi connectivity index (χ0v) is 28.2. The highest BCUT2D eigenvalue weighted by Gasteiger charge is 2.15. The lowest BCUT2D eigenvalue weighted by atomic mass is 9.88. The SMILES string of the molecule is [C-]#[N+]c1ccc(-c2cc(-c3ccc(-c4ccc(-c5cc(-c6ccccc6)nc(-c6ccccc6)n5)cc4)c4ccccc34)cc3ccccc23)cc1. The van der Waals surface area contributed by atoms with Crippen molar-refractivity contribution >= 4 is 27.2 Å². The lowest BCUT2D eigenvalue weighted by Crippen LogP contribution is -1.95. The molecule has 1 heterocycles. The van der Waals surface area contributed by atoms with Gasteiger partial charge in [-0.25, -0.2) is 14.8 Å². The monoisotopic (exact) mass is 661 g/mol. The molecule has 0 N–H and O–H groups in total. The summed E-state index contributed by atoms with van der Waals surface area (Å²) in [5.41, 5.74) is 12.4. The molecule has 242 valence electrons. The molecule has 0 amide bonds. The van der Waals surface area contributed by atoms with E-state index in [4.69, 9.17) is 16.5 Å². The minimum atomic E-state index is 0.643. The first-order valence-corrected chi connectivity index (χ1v) is 17.4. The van der Waals surface area contributed by atoms with Crippen molar-refractivity contribution in [3.05, 3.63) is 199 Å². The molecule has 0 saturated carbocycles. The maximum Gasteiger partial charge on any atom is 0.187 e. The van der Waals surface area contributed by atoms with Gasteiger partial charge in [-0.3, -0.25) is 0 Å². The summed E-state index contributed by atoms with van der Waals surface area (Å²) < 4.78 is 0. The molecular formula is C49H31N3. The van der Waals surface area contributed by atoms with Crippen LogP contribution in [0, 0.1) is 6.57 Å². The van der Waals surface area contributed by atoms with Gasteiger partial charge in [0.25, 0.3) is 0 Å². The van der Waals surface area contributed by atoms with E-state index in [1.807, 2.05) is 48.5 Å². The standard InChI is InChI=1S/C49H31N3/c1-50-40-26-24-34(25-27-40)46-31-39(30-38-16-8-9-17-41(38)46)43-29-28-42(44-18-10-11-19-45(43)44)33-20-22-36(23-21-33)48-32-47(35-12-4-2-5-13-35)51-49(52-48)37-14-6-3-7-15-37/h2-32H. The highest BCUT2D eigenvalue weighted by Crippen LogP contribution is 2.40. The van der Waals surface area contributed by atoms with Gasteiger partial charge in [-0.05, 0) is 73.1 Å². The van der Waals surface area contributed by atoms with Crippen LogP contribution in [0.4, 0.5) is 5.69 Å². The van der Waals surface area contributed by atoms with E-state index in [-0.39, 0.29) is 0 Å². The van der Waals surface area contributed by atoms with Gasteiger partial charge in [-0.15, -0.1) is 0 Å². The molecule has 0 saturated heterocycles. The largest absolute Gasteiger partial charge is 0.238 e. The highest BCUT2D eigenvalue weighted by molar-refractivity contribution is 6.08. The summed E-state index contributed by atoms with van der Waals surface area (Å²) in [5, 5.41) is 4.77. The van der Waals surface area contributed by atoms with Crippen LogP contribution in [0.15, 0.2) is 188 Å². The van der Waals surface area contributed by atoms with Crippen molar-refractivity contribution in [2.75, 3.05) is 0 Å². The molecule has 0 spiro atoms. The van der Waals surface area contributed by atoms with Crippen molar-refractivity contribution < 1.29 is 0 Å². The zero-order chi connectivity index (χ0) is 34.9. The van der Waals surface area contributed by atoms with Crippen LogP contribution in [0.1, 0.15) is 0 Å². The number of rotatable bonds is 6. The molecule has 0 aliphatic heterocycles. The molecule has 0 unspecified atom stereocenters. The van der Waals surface area contributed by atoms with Gasteiger partial charge in [-0.2, -0.15) is 0 Å². The molecule has 3 nitrogen and oxygen atoms in total. The Labute approximate surface area is 303 Å². The van der Waals surface area contributed by atoms with Crippen molar-refractivity contribution in [1.29, 1.82) is 0 Å². The van der Waals surface area contributed by atoms with E-state index in [0.29, 0.717) is 11.5 Å². The molecule has 0 radical (unpaired) electrons. The number of fused-ring (bicyclic) bond motifs is 2. The van der Waals surface area contributed by atoms with Gasteiger partial charge in [0.2, 0.25) is 0 Å². The second-order valence-electron chi connectivity index (χ2n) is 12.9. The summed E-state index contributed by atoms with van der Waals surface area (Å²) in [6, 6.07) is 65.4. The van der Waals surface area contributed by atoms with E-state index in [9.17, 15) is 0 Å². The van der Waals surface area contributed by atoms with Crippen LogP contribution in [-0.2, 0) is 0 Å². The van der Waals surface area contributed by atoms with E-state index in [2.05, 4.69) is 144 Å². The average molecular weight is 662 g/mol. The maximum absolute atomic E-state index is 7.40. The first-order chi connectivity index (χ1) is 25.7. The van der Waals surface area contributed by atoms with E-state index < -0.39 is 0 Å². The summed E-state index contributed by atoms with van der Waals surface area (Å²) in [6.07, 6.45) is 0. The minimum Gasteiger partial charge on any atom is -0.238 e. The molecule has 9 aromatic rings. The third-order valence-electron chi connectivity index (χ3n) is 9.72. The summed E-state index contributed by atoms with van der Waals surface area (Å²) in [4.78, 5) is 13.6. The minimum absolute atomic E-state index is 0.643. The van der Waals surface area contributed by atoms with E-state index >= 15 is 0 Å². The Morgan fingerprint density at radius 2 is 0.827 bits per heavy atom. The van der Waals surface area contributed by atoms with Crippen molar-refractivity contribution in [3.63, 3.8) is 0 Å². The van der Waals surface area contributed by atoms with Gasteiger partial charge < -0.3 is 0 Å². The predicted octanol–water partition coefficient (Wildman–Crippen LogP) is 13.3. The third kappa shape index (κ3) is 5.79. The van der Waals surface area contributed by atoms with Crippen LogP contribution >= 0.6 is 0 Å². The van der Waals surface area contributed by atoms with E-state index in [1.165, 1.54) is 32.7 Å². The van der Waals surface area contributed by atoms with Crippen molar-refractivity contribution in [3.8, 4) is 67.3 Å². The van der Waals surface area contributed by atoms with Crippen LogP contribution in [0.25, 0.3) is 93.7 Å². The molecule has 9 rings (SSSR count). The Morgan fingerprint density at radius 3 is 1.46 bits per heavy atom. The molecule has 1 aromatic heterocycles. The molecule has 0 bridgehead atoms. The number of nitrogens with zero attached hydrogens (tertiary/aromatic N) is 3. The Balaban J connectivity index is 1.12. The zero-order valence-electron chi connectivity index (χ0n) is 28.2. The lowest BCUT2D eigenvalue weighted by Gasteiger charge is -2.15. The predicted molar refractivity (Wildman–Crippen MR) is 216 cm³/mol. The van der Waals surface area contributed by atoms with Crippen LogP contribution < -0.4 is 0 Å². The van der Waals surface area contributed by atoms with Crippen LogP contribution in [0.2, 0.25) is 0 Å². The van der Waals surface area contributed by atoms with Gasteiger partial charge in [0.05, 0.1) is 18.0 Å². The smallest absolute Gasteiger partial charge is 0.187 e. The quantitative estimate of drug-likeness (QED) is 0.166. The number of hydrogen-bond acceptors (Lipinski definition) is 2. The van der Waals surface area contributed by atoms with E-state index in [1.54, 1.807) is 0 Å². The summed E-state index contributed by atoms with van der Waals surface area (Å²) in [6.45, 7) is 7.40. The Morgan fingerprint density at radius 1 is 0.346 bits per heavy atom. The highest BCUT2D eigenvalue weighted by atomic mass is 14.9. The molecule has 0 aliphatic rings. The average Bonchev–Trinajstić information content (AvgIpc) is 3.23. The van der Waals surface area contributed by atoms with Gasteiger partial charge in [0.1, 0.15) is 0 Å². The second-order valence-corrected chi connectivity index (χ2v) is 12.9. The number of aromatic nitrogens is 2. The first kappa shape index (κ1) is 30.9. The number of benzene rings is 8. The number of hydrogen-bond donors (Lipinski definition) is 0. The fraction of sp³-hybridized carbons (Fsp3) is 0. The van der Waals surface area contributed by atoms with Crippen molar-refractivity contribution in [2.45, 2.75) is 0 Å². The molecule has 0 atom stereocenters. The molecule has 0 fully saturated rings. The first-order valence-electron chi connectivity index (χ1n) is 17.4. The van der Waals surface area contributed by atoms with Gasteiger partial charge in [0, 0.05) is 16.7 Å². The fourth-order valence-electron chi connectivity index (χ4n) is 7.11. The summed E-state index contributed by atoms with van der Waals surface area (Å²) in [7, 11) is 0. The summed E-state index contributed by atoms with van der Waals surface area (Å²) >= 11 is 0. The third-order valence-corrected chi connectivity index (χ3v) is 9.72. The molecule has 52 heavy (non-hydrogen) atoms. The van der Waals surface area contributed by atoms with Crippen molar-refractivity contribution in [1.82, 2.24) is 9.97 Å². The topological polar surface area (TPSA) is 30.1 Å². The molecular weight excluding hydrogens is 631 g/mol. The Hall–Kier alpha value is -7.15. The Bertz CT molecular complexity index is 2710. The maximum atomic E-state index is 7.40. The normalized spacial score (nSPS) is 11.1. The van der Waals surface area contributed by atoms with Crippen LogP contribution in [-0.4, -0.2) is 9.97 Å².